The first-order chi connectivity index (χ1) is 8.68. The molecule has 4 heteroatoms. The van der Waals surface area contributed by atoms with Crippen LogP contribution in [0, 0.1) is 5.92 Å². The molecule has 1 saturated heterocycles. The molecule has 1 aliphatic heterocycles. The number of hydrogen-bond acceptors (Lipinski definition) is 4. The lowest BCUT2D eigenvalue weighted by molar-refractivity contribution is -0.152. The molecule has 2 aliphatic rings. The highest BCUT2D eigenvalue weighted by atomic mass is 16.6. The van der Waals surface area contributed by atoms with Crippen LogP contribution in [0.4, 0.5) is 0 Å². The second kappa shape index (κ2) is 3.77. The van der Waals surface area contributed by atoms with E-state index in [1.165, 1.54) is 6.08 Å². The monoisotopic (exact) mass is 240 g/mol. The summed E-state index contributed by atoms with van der Waals surface area (Å²) in [5, 5.41) is 0. The van der Waals surface area contributed by atoms with Gasteiger partial charge in [0, 0.05) is 5.57 Å². The summed E-state index contributed by atoms with van der Waals surface area (Å²) in [5.41, 5.74) is 1.28. The number of esters is 2. The summed E-state index contributed by atoms with van der Waals surface area (Å²) < 4.78 is 4.46. The van der Waals surface area contributed by atoms with Crippen molar-refractivity contribution in [3.63, 3.8) is 0 Å². The van der Waals surface area contributed by atoms with Crippen molar-refractivity contribution in [2.24, 2.45) is 5.92 Å². The average Bonchev–Trinajstić information content (AvgIpc) is 2.67. The lowest BCUT2D eigenvalue weighted by atomic mass is 9.84. The fourth-order valence-electron chi connectivity index (χ4n) is 2.13. The predicted octanol–water partition coefficient (Wildman–Crippen LogP) is 1.28. The number of ether oxygens (including phenoxy) is 1. The van der Waals surface area contributed by atoms with Crippen LogP contribution in [0.1, 0.15) is 5.56 Å². The normalized spacial score (nSPS) is 22.2. The van der Waals surface area contributed by atoms with E-state index in [1.807, 2.05) is 6.07 Å². The highest BCUT2D eigenvalue weighted by molar-refractivity contribution is 6.34. The van der Waals surface area contributed by atoms with Crippen molar-refractivity contribution in [1.29, 1.82) is 0 Å². The van der Waals surface area contributed by atoms with Gasteiger partial charge in [0.25, 0.3) is 0 Å². The number of carbonyl (C=O) groups is 3. The number of carbonyl (C=O) groups excluding carboxylic acids is 3. The van der Waals surface area contributed by atoms with E-state index in [4.69, 9.17) is 0 Å². The van der Waals surface area contributed by atoms with Crippen LogP contribution in [0.2, 0.25) is 0 Å². The number of Topliss-reactive ketones (excluding diaryl/α,β-unsaturated/α-hetero) is 1. The minimum absolute atomic E-state index is 0.129. The Bertz CT molecular complexity index is 622. The Kier molecular flexibility index (Phi) is 2.23. The summed E-state index contributed by atoms with van der Waals surface area (Å²) >= 11 is 0. The van der Waals surface area contributed by atoms with Crippen LogP contribution in [-0.4, -0.2) is 17.7 Å². The molecule has 1 aromatic rings. The Balaban J connectivity index is 2.08. The van der Waals surface area contributed by atoms with Crippen LogP contribution in [0.5, 0.6) is 0 Å². The second-order valence-electron chi connectivity index (χ2n) is 4.07. The Morgan fingerprint density at radius 1 is 0.944 bits per heavy atom. The Morgan fingerprint density at radius 3 is 2.39 bits per heavy atom. The maximum atomic E-state index is 12.2. The maximum Gasteiger partial charge on any atom is 0.343 e. The maximum absolute atomic E-state index is 12.2. The fraction of sp³-hybridized carbons (Fsp3) is 0.0714. The summed E-state index contributed by atoms with van der Waals surface area (Å²) in [6.07, 6.45) is 3.05. The summed E-state index contributed by atoms with van der Waals surface area (Å²) in [6.45, 7) is 0. The largest absolute Gasteiger partial charge is 0.389 e. The number of ketones is 1. The van der Waals surface area contributed by atoms with Crippen molar-refractivity contribution in [3.05, 3.63) is 53.6 Å². The first-order valence-corrected chi connectivity index (χ1v) is 5.46. The van der Waals surface area contributed by atoms with Crippen molar-refractivity contribution in [2.45, 2.75) is 0 Å². The Hall–Kier alpha value is -2.49. The molecule has 0 amide bonds. The van der Waals surface area contributed by atoms with E-state index in [-0.39, 0.29) is 11.4 Å². The van der Waals surface area contributed by atoms with E-state index in [1.54, 1.807) is 30.3 Å². The molecule has 1 aliphatic carbocycles. The third-order valence-corrected chi connectivity index (χ3v) is 3.02. The number of rotatable bonds is 1. The number of fused-ring (bicyclic) bond motifs is 1. The van der Waals surface area contributed by atoms with Gasteiger partial charge in [-0.05, 0) is 11.6 Å². The van der Waals surface area contributed by atoms with Gasteiger partial charge in [0.05, 0.1) is 5.57 Å². The van der Waals surface area contributed by atoms with Crippen LogP contribution in [0.3, 0.4) is 0 Å². The van der Waals surface area contributed by atoms with Crippen LogP contribution < -0.4 is 0 Å². The average molecular weight is 240 g/mol. The van der Waals surface area contributed by atoms with Gasteiger partial charge in [0.1, 0.15) is 0 Å². The van der Waals surface area contributed by atoms with E-state index in [0.717, 1.165) is 5.56 Å². The van der Waals surface area contributed by atoms with Crippen molar-refractivity contribution >= 4 is 23.3 Å². The quantitative estimate of drug-likeness (QED) is 0.548. The topological polar surface area (TPSA) is 60.4 Å². The molecule has 0 aromatic heterocycles. The summed E-state index contributed by atoms with van der Waals surface area (Å²) in [6, 6.07) is 9.02. The third kappa shape index (κ3) is 1.43. The molecule has 0 bridgehead atoms. The van der Waals surface area contributed by atoms with Gasteiger partial charge in [-0.2, -0.15) is 0 Å². The minimum atomic E-state index is -1.09. The van der Waals surface area contributed by atoms with Gasteiger partial charge in [0.15, 0.2) is 11.7 Å². The predicted molar refractivity (Wildman–Crippen MR) is 62.1 cm³/mol. The Morgan fingerprint density at radius 2 is 1.67 bits per heavy atom. The van der Waals surface area contributed by atoms with Gasteiger partial charge < -0.3 is 4.74 Å². The molecule has 0 N–H and O–H groups in total. The van der Waals surface area contributed by atoms with Gasteiger partial charge in [0.2, 0.25) is 0 Å². The lowest BCUT2D eigenvalue weighted by Gasteiger charge is -2.13. The Labute approximate surface area is 103 Å². The minimum Gasteiger partial charge on any atom is -0.389 e. The van der Waals surface area contributed by atoms with E-state index in [2.05, 4.69) is 4.74 Å². The van der Waals surface area contributed by atoms with Crippen molar-refractivity contribution in [2.75, 3.05) is 0 Å². The van der Waals surface area contributed by atoms with E-state index < -0.39 is 17.9 Å². The highest BCUT2D eigenvalue weighted by Gasteiger charge is 2.46. The number of allylic oxidation sites excluding steroid dienone is 3. The number of cyclic esters (lactones) is 2. The molecule has 4 nitrogen and oxygen atoms in total. The van der Waals surface area contributed by atoms with Gasteiger partial charge in [-0.15, -0.1) is 0 Å². The summed E-state index contributed by atoms with van der Waals surface area (Å²) in [4.78, 5) is 35.0. The molecule has 18 heavy (non-hydrogen) atoms. The van der Waals surface area contributed by atoms with E-state index in [0.29, 0.717) is 5.57 Å². The van der Waals surface area contributed by atoms with Crippen molar-refractivity contribution in [1.82, 2.24) is 0 Å². The molecule has 1 aromatic carbocycles. The smallest absolute Gasteiger partial charge is 0.343 e. The zero-order valence-corrected chi connectivity index (χ0v) is 9.25. The third-order valence-electron chi connectivity index (χ3n) is 3.02. The summed E-state index contributed by atoms with van der Waals surface area (Å²) in [5.74, 6) is -2.97. The molecular weight excluding hydrogens is 232 g/mol. The van der Waals surface area contributed by atoms with Gasteiger partial charge >= 0.3 is 11.9 Å². The summed E-state index contributed by atoms with van der Waals surface area (Å²) in [7, 11) is 0. The molecule has 1 heterocycles. The standard InChI is InChI=1S/C14H8O4/c15-12-9(8-4-2-1-3-5-8)6-7-10-11(12)14(17)18-13(10)16/h1-7,11H. The van der Waals surface area contributed by atoms with Gasteiger partial charge in [-0.1, -0.05) is 36.4 Å². The zero-order valence-electron chi connectivity index (χ0n) is 9.25. The highest BCUT2D eigenvalue weighted by Crippen LogP contribution is 2.33. The van der Waals surface area contributed by atoms with Gasteiger partial charge in [-0.3, -0.25) is 9.59 Å². The SMILES string of the molecule is O=C1OC(=O)C2C(=O)C(c3ccccc3)=CC=C12. The molecule has 3 rings (SSSR count). The molecule has 88 valence electrons. The zero-order chi connectivity index (χ0) is 12.7. The van der Waals surface area contributed by atoms with E-state index >= 15 is 0 Å². The lowest BCUT2D eigenvalue weighted by Crippen LogP contribution is -2.24. The molecule has 1 atom stereocenters. The molecule has 1 unspecified atom stereocenters. The van der Waals surface area contributed by atoms with Gasteiger partial charge in [-0.25, -0.2) is 4.79 Å². The fourth-order valence-corrected chi connectivity index (χ4v) is 2.13. The molecule has 1 fully saturated rings. The first-order valence-electron chi connectivity index (χ1n) is 5.46. The van der Waals surface area contributed by atoms with Crippen LogP contribution in [0.15, 0.2) is 48.1 Å². The number of hydrogen-bond donors (Lipinski definition) is 0. The molecule has 0 saturated carbocycles. The van der Waals surface area contributed by atoms with Crippen LogP contribution in [-0.2, 0) is 19.1 Å². The van der Waals surface area contributed by atoms with Crippen molar-refractivity contribution in [3.8, 4) is 0 Å². The molecular formula is C14H8O4. The van der Waals surface area contributed by atoms with Crippen LogP contribution in [0.25, 0.3) is 5.57 Å². The van der Waals surface area contributed by atoms with Crippen LogP contribution >= 0.6 is 0 Å². The van der Waals surface area contributed by atoms with E-state index in [9.17, 15) is 14.4 Å². The first kappa shape index (κ1) is 10.7. The number of benzene rings is 1. The second-order valence-corrected chi connectivity index (χ2v) is 4.07. The molecule has 0 spiro atoms. The molecule has 0 radical (unpaired) electrons. The van der Waals surface area contributed by atoms with Crippen molar-refractivity contribution < 1.29 is 19.1 Å².